The number of aryl methyl sites for hydroxylation is 3. The minimum atomic E-state index is 0.0468. The summed E-state index contributed by atoms with van der Waals surface area (Å²) < 4.78 is 1.66. The van der Waals surface area contributed by atoms with Crippen LogP contribution < -0.4 is 5.32 Å². The van der Waals surface area contributed by atoms with E-state index in [0.29, 0.717) is 5.69 Å². The van der Waals surface area contributed by atoms with Crippen LogP contribution in [-0.4, -0.2) is 46.1 Å². The molecule has 0 bridgehead atoms. The Hall–Kier alpha value is -2.63. The molecule has 1 spiro atoms. The van der Waals surface area contributed by atoms with Crippen LogP contribution in [0.15, 0.2) is 36.4 Å². The maximum atomic E-state index is 12.8. The van der Waals surface area contributed by atoms with Crippen LogP contribution in [0.25, 0.3) is 0 Å². The lowest BCUT2D eigenvalue weighted by Gasteiger charge is -2.32. The summed E-state index contributed by atoms with van der Waals surface area (Å²) in [6.07, 6.45) is 4.74. The Bertz CT molecular complexity index is 882. The molecule has 1 saturated carbocycles. The van der Waals surface area contributed by atoms with Crippen molar-refractivity contribution in [3.8, 4) is 0 Å². The van der Waals surface area contributed by atoms with Crippen LogP contribution in [0.5, 0.6) is 0 Å². The fraction of sp³-hybridized carbons (Fsp3) is 0.522. The molecule has 2 heterocycles. The van der Waals surface area contributed by atoms with Crippen LogP contribution in [0.1, 0.15) is 47.4 Å². The summed E-state index contributed by atoms with van der Waals surface area (Å²) in [7, 11) is 1.81. The van der Waals surface area contributed by atoms with E-state index in [4.69, 9.17) is 0 Å². The van der Waals surface area contributed by atoms with Crippen molar-refractivity contribution >= 4 is 11.8 Å². The predicted octanol–water partition coefficient (Wildman–Crippen LogP) is 2.72. The van der Waals surface area contributed by atoms with Gasteiger partial charge in [-0.25, -0.2) is 0 Å². The zero-order valence-corrected chi connectivity index (χ0v) is 17.4. The highest BCUT2D eigenvalue weighted by Crippen LogP contribution is 2.59. The number of nitrogens with zero attached hydrogens (tertiary/aromatic N) is 3. The summed E-state index contributed by atoms with van der Waals surface area (Å²) in [4.78, 5) is 27.2. The third kappa shape index (κ3) is 4.21. The molecular formula is C23H30N4O2. The molecule has 0 unspecified atom stereocenters. The second kappa shape index (κ2) is 8.01. The molecule has 29 heavy (non-hydrogen) atoms. The Morgan fingerprint density at radius 3 is 2.59 bits per heavy atom. The van der Waals surface area contributed by atoms with E-state index < -0.39 is 0 Å². The van der Waals surface area contributed by atoms with Gasteiger partial charge in [0.05, 0.1) is 5.69 Å². The molecule has 6 heteroatoms. The molecule has 1 aliphatic carbocycles. The number of amides is 2. The van der Waals surface area contributed by atoms with Gasteiger partial charge in [-0.05, 0) is 56.1 Å². The van der Waals surface area contributed by atoms with Gasteiger partial charge in [-0.1, -0.05) is 30.3 Å². The molecule has 154 valence electrons. The topological polar surface area (TPSA) is 67.2 Å². The third-order valence-corrected chi connectivity index (χ3v) is 6.56. The van der Waals surface area contributed by atoms with Gasteiger partial charge < -0.3 is 10.2 Å². The van der Waals surface area contributed by atoms with Crippen molar-refractivity contribution in [3.05, 3.63) is 53.3 Å². The number of likely N-dealkylation sites (tertiary alicyclic amines) is 1. The van der Waals surface area contributed by atoms with Gasteiger partial charge in [0.15, 0.2) is 0 Å². The van der Waals surface area contributed by atoms with Crippen LogP contribution in [-0.2, 0) is 18.3 Å². The average Bonchev–Trinajstić information content (AvgIpc) is 3.32. The highest BCUT2D eigenvalue weighted by molar-refractivity contribution is 5.93. The highest BCUT2D eigenvalue weighted by atomic mass is 16.2. The molecule has 0 radical (unpaired) electrons. The zero-order chi connectivity index (χ0) is 20.4. The minimum Gasteiger partial charge on any atom is -0.356 e. The van der Waals surface area contributed by atoms with Crippen molar-refractivity contribution in [2.75, 3.05) is 19.6 Å². The Morgan fingerprint density at radius 1 is 1.21 bits per heavy atom. The van der Waals surface area contributed by atoms with E-state index in [1.807, 2.05) is 31.0 Å². The lowest BCUT2D eigenvalue weighted by molar-refractivity contribution is -0.123. The van der Waals surface area contributed by atoms with E-state index in [1.165, 1.54) is 5.56 Å². The number of carbonyl (C=O) groups is 2. The number of hydrogen-bond donors (Lipinski definition) is 1. The number of hydrogen-bond acceptors (Lipinski definition) is 3. The van der Waals surface area contributed by atoms with Crippen LogP contribution in [0.2, 0.25) is 0 Å². The zero-order valence-electron chi connectivity index (χ0n) is 17.4. The Kier molecular flexibility index (Phi) is 5.43. The number of nitrogens with one attached hydrogen (secondary N) is 1. The lowest BCUT2D eigenvalue weighted by atomic mass is 9.90. The van der Waals surface area contributed by atoms with Crippen molar-refractivity contribution < 1.29 is 9.59 Å². The van der Waals surface area contributed by atoms with Gasteiger partial charge in [0.2, 0.25) is 5.91 Å². The van der Waals surface area contributed by atoms with Crippen molar-refractivity contribution in [2.24, 2.45) is 18.4 Å². The van der Waals surface area contributed by atoms with Crippen molar-refractivity contribution in [1.82, 2.24) is 20.0 Å². The summed E-state index contributed by atoms with van der Waals surface area (Å²) in [6.45, 7) is 4.07. The van der Waals surface area contributed by atoms with Gasteiger partial charge >= 0.3 is 0 Å². The number of piperidine rings is 1. The second-order valence-corrected chi connectivity index (χ2v) is 8.59. The normalized spacial score (nSPS) is 19.9. The standard InChI is InChI=1S/C23H30N4O2/c1-17-15-20(26(2)25-17)22(29)27-13-10-23(11-14-27)16-19(23)21(28)24-12-6-9-18-7-4-3-5-8-18/h3-5,7-8,15,19H,6,9-14,16H2,1-2H3,(H,24,28)/t19-/m0/s1. The minimum absolute atomic E-state index is 0.0468. The maximum Gasteiger partial charge on any atom is 0.272 e. The number of aromatic nitrogens is 2. The Labute approximate surface area is 172 Å². The molecule has 1 atom stereocenters. The first-order valence-corrected chi connectivity index (χ1v) is 10.6. The van der Waals surface area contributed by atoms with Crippen LogP contribution in [0.4, 0.5) is 0 Å². The molecule has 6 nitrogen and oxygen atoms in total. The fourth-order valence-corrected chi connectivity index (χ4v) is 4.67. The summed E-state index contributed by atoms with van der Waals surface area (Å²) in [5.74, 6) is 0.362. The van der Waals surface area contributed by atoms with E-state index in [9.17, 15) is 9.59 Å². The lowest BCUT2D eigenvalue weighted by Crippen LogP contribution is -2.41. The van der Waals surface area contributed by atoms with Gasteiger partial charge in [-0.15, -0.1) is 0 Å². The molecule has 4 rings (SSSR count). The SMILES string of the molecule is Cc1cc(C(=O)N2CCC3(CC2)C[C@H]3C(=O)NCCCc2ccccc2)n(C)n1. The molecule has 1 aromatic carbocycles. The van der Waals surface area contributed by atoms with Gasteiger partial charge in [-0.2, -0.15) is 5.10 Å². The number of carbonyl (C=O) groups excluding carboxylic acids is 2. The molecule has 1 N–H and O–H groups in total. The van der Waals surface area contributed by atoms with Gasteiger partial charge in [-0.3, -0.25) is 14.3 Å². The van der Waals surface area contributed by atoms with Crippen molar-refractivity contribution in [3.63, 3.8) is 0 Å². The summed E-state index contributed by atoms with van der Waals surface area (Å²) in [6, 6.07) is 12.2. The van der Waals surface area contributed by atoms with E-state index in [1.54, 1.807) is 4.68 Å². The number of benzene rings is 1. The summed E-state index contributed by atoms with van der Waals surface area (Å²) in [5.41, 5.74) is 2.92. The molecule has 1 saturated heterocycles. The molecular weight excluding hydrogens is 364 g/mol. The quantitative estimate of drug-likeness (QED) is 0.766. The van der Waals surface area contributed by atoms with Gasteiger partial charge in [0.1, 0.15) is 5.69 Å². The molecule has 1 aromatic heterocycles. The molecule has 2 aliphatic rings. The highest BCUT2D eigenvalue weighted by Gasteiger charge is 2.58. The van der Waals surface area contributed by atoms with Crippen molar-refractivity contribution in [2.45, 2.75) is 39.0 Å². The van der Waals surface area contributed by atoms with E-state index in [2.05, 4.69) is 34.7 Å². The van der Waals surface area contributed by atoms with E-state index >= 15 is 0 Å². The third-order valence-electron chi connectivity index (χ3n) is 6.56. The largest absolute Gasteiger partial charge is 0.356 e. The molecule has 2 fully saturated rings. The van der Waals surface area contributed by atoms with Crippen LogP contribution >= 0.6 is 0 Å². The maximum absolute atomic E-state index is 12.8. The first kappa shape index (κ1) is 19.7. The molecule has 2 aromatic rings. The van der Waals surface area contributed by atoms with Crippen LogP contribution in [0.3, 0.4) is 0 Å². The fourth-order valence-electron chi connectivity index (χ4n) is 4.67. The average molecular weight is 395 g/mol. The van der Waals surface area contributed by atoms with Crippen LogP contribution in [0, 0.1) is 18.3 Å². The predicted molar refractivity (Wildman–Crippen MR) is 111 cm³/mol. The van der Waals surface area contributed by atoms with Crippen molar-refractivity contribution in [1.29, 1.82) is 0 Å². The summed E-state index contributed by atoms with van der Waals surface area (Å²) >= 11 is 0. The molecule has 1 aliphatic heterocycles. The smallest absolute Gasteiger partial charge is 0.272 e. The monoisotopic (exact) mass is 394 g/mol. The summed E-state index contributed by atoms with van der Waals surface area (Å²) in [5, 5.41) is 7.40. The first-order chi connectivity index (χ1) is 14.0. The van der Waals surface area contributed by atoms with E-state index in [0.717, 1.165) is 57.4 Å². The Balaban J connectivity index is 1.21. The van der Waals surface area contributed by atoms with E-state index in [-0.39, 0.29) is 23.1 Å². The van der Waals surface area contributed by atoms with Gasteiger partial charge in [0, 0.05) is 32.6 Å². The second-order valence-electron chi connectivity index (χ2n) is 8.59. The van der Waals surface area contributed by atoms with Gasteiger partial charge in [0.25, 0.3) is 5.91 Å². The molecule has 2 amide bonds. The Morgan fingerprint density at radius 2 is 1.93 bits per heavy atom. The first-order valence-electron chi connectivity index (χ1n) is 10.6. The number of rotatable bonds is 6.